The van der Waals surface area contributed by atoms with Crippen LogP contribution in [0.25, 0.3) is 0 Å². The lowest BCUT2D eigenvalue weighted by atomic mass is 10.1. The Morgan fingerprint density at radius 1 is 1.50 bits per heavy atom. The molecule has 0 saturated heterocycles. The quantitative estimate of drug-likeness (QED) is 0.909. The van der Waals surface area contributed by atoms with Crippen molar-refractivity contribution >= 4 is 21.6 Å². The molecule has 2 rings (SSSR count). The van der Waals surface area contributed by atoms with Crippen LogP contribution in [0.4, 0.5) is 5.69 Å². The van der Waals surface area contributed by atoms with Crippen molar-refractivity contribution in [2.45, 2.75) is 45.6 Å². The highest BCUT2D eigenvalue weighted by molar-refractivity contribution is 9.10. The molecule has 100 valence electrons. The summed E-state index contributed by atoms with van der Waals surface area (Å²) in [6.45, 7) is 3.64. The van der Waals surface area contributed by atoms with Gasteiger partial charge in [-0.2, -0.15) is 5.10 Å². The maximum absolute atomic E-state index is 12.0. The lowest BCUT2D eigenvalue weighted by molar-refractivity contribution is 0.561. The molecular weight excluding hydrogens is 294 g/mol. The zero-order valence-electron chi connectivity index (χ0n) is 10.8. The van der Waals surface area contributed by atoms with Gasteiger partial charge in [-0.3, -0.25) is 4.79 Å². The van der Waals surface area contributed by atoms with Crippen molar-refractivity contribution < 1.29 is 0 Å². The van der Waals surface area contributed by atoms with Crippen molar-refractivity contribution in [3.05, 3.63) is 21.0 Å². The van der Waals surface area contributed by atoms with Crippen molar-refractivity contribution in [1.82, 2.24) is 9.78 Å². The highest BCUT2D eigenvalue weighted by Crippen LogP contribution is 2.25. The van der Waals surface area contributed by atoms with Crippen molar-refractivity contribution in [1.29, 1.82) is 0 Å². The summed E-state index contributed by atoms with van der Waals surface area (Å²) >= 11 is 3.37. The molecule has 1 aliphatic rings. The van der Waals surface area contributed by atoms with Crippen LogP contribution < -0.4 is 10.9 Å². The Bertz CT molecular complexity index is 452. The monoisotopic (exact) mass is 313 g/mol. The van der Waals surface area contributed by atoms with Gasteiger partial charge in [-0.1, -0.05) is 19.8 Å². The molecule has 1 fully saturated rings. The van der Waals surface area contributed by atoms with Gasteiger partial charge in [0, 0.05) is 13.1 Å². The van der Waals surface area contributed by atoms with E-state index >= 15 is 0 Å². The SMILES string of the molecule is CCCn1ncc(NCC2CCCC2)c(Br)c1=O. The number of hydrogen-bond acceptors (Lipinski definition) is 3. The third-order valence-corrected chi connectivity index (χ3v) is 4.24. The van der Waals surface area contributed by atoms with Crippen LogP contribution in [-0.4, -0.2) is 16.3 Å². The first-order chi connectivity index (χ1) is 8.72. The molecule has 0 radical (unpaired) electrons. The molecule has 0 aliphatic heterocycles. The van der Waals surface area contributed by atoms with E-state index in [1.807, 2.05) is 6.92 Å². The summed E-state index contributed by atoms with van der Waals surface area (Å²) in [7, 11) is 0. The molecule has 0 atom stereocenters. The standard InChI is InChI=1S/C13H20BrN3O/c1-2-7-17-13(18)12(14)11(9-16-17)15-8-10-5-3-4-6-10/h9-10,15H,2-8H2,1H3. The first-order valence-corrected chi connectivity index (χ1v) is 7.51. The summed E-state index contributed by atoms with van der Waals surface area (Å²) < 4.78 is 2.11. The van der Waals surface area contributed by atoms with E-state index < -0.39 is 0 Å². The van der Waals surface area contributed by atoms with E-state index in [2.05, 4.69) is 26.3 Å². The number of aromatic nitrogens is 2. The van der Waals surface area contributed by atoms with Gasteiger partial charge in [0.1, 0.15) is 4.47 Å². The smallest absolute Gasteiger partial charge is 0.283 e. The maximum atomic E-state index is 12.0. The van der Waals surface area contributed by atoms with Gasteiger partial charge in [0.2, 0.25) is 0 Å². The molecule has 18 heavy (non-hydrogen) atoms. The summed E-state index contributed by atoms with van der Waals surface area (Å²) in [5.74, 6) is 0.745. The molecule has 1 saturated carbocycles. The second-order valence-corrected chi connectivity index (χ2v) is 5.72. The average Bonchev–Trinajstić information content (AvgIpc) is 2.87. The maximum Gasteiger partial charge on any atom is 0.283 e. The number of halogens is 1. The topological polar surface area (TPSA) is 46.9 Å². The van der Waals surface area contributed by atoms with Gasteiger partial charge < -0.3 is 5.32 Å². The van der Waals surface area contributed by atoms with Crippen LogP contribution in [0.15, 0.2) is 15.5 Å². The van der Waals surface area contributed by atoms with E-state index in [1.54, 1.807) is 6.20 Å². The fourth-order valence-corrected chi connectivity index (χ4v) is 2.88. The van der Waals surface area contributed by atoms with E-state index in [-0.39, 0.29) is 5.56 Å². The lowest BCUT2D eigenvalue weighted by Crippen LogP contribution is -2.25. The molecule has 0 aromatic carbocycles. The molecule has 0 amide bonds. The number of aryl methyl sites for hydroxylation is 1. The average molecular weight is 314 g/mol. The second kappa shape index (κ2) is 6.36. The zero-order valence-corrected chi connectivity index (χ0v) is 12.4. The van der Waals surface area contributed by atoms with E-state index in [1.165, 1.54) is 30.4 Å². The molecule has 0 unspecified atom stereocenters. The van der Waals surface area contributed by atoms with Gasteiger partial charge >= 0.3 is 0 Å². The van der Waals surface area contributed by atoms with Gasteiger partial charge in [0.25, 0.3) is 5.56 Å². The minimum absolute atomic E-state index is 0.0479. The van der Waals surface area contributed by atoms with E-state index in [4.69, 9.17) is 0 Å². The lowest BCUT2D eigenvalue weighted by Gasteiger charge is -2.13. The normalized spacial score (nSPS) is 16.1. The van der Waals surface area contributed by atoms with E-state index in [9.17, 15) is 4.79 Å². The van der Waals surface area contributed by atoms with Gasteiger partial charge in [0.05, 0.1) is 11.9 Å². The molecular formula is C13H20BrN3O. The van der Waals surface area contributed by atoms with Crippen LogP contribution in [-0.2, 0) is 6.54 Å². The highest BCUT2D eigenvalue weighted by Gasteiger charge is 2.15. The minimum atomic E-state index is -0.0479. The fourth-order valence-electron chi connectivity index (χ4n) is 2.43. The number of nitrogens with one attached hydrogen (secondary N) is 1. The zero-order chi connectivity index (χ0) is 13.0. The first-order valence-electron chi connectivity index (χ1n) is 6.72. The van der Waals surface area contributed by atoms with Crippen LogP contribution in [0.5, 0.6) is 0 Å². The molecule has 0 bridgehead atoms. The summed E-state index contributed by atoms with van der Waals surface area (Å²) in [4.78, 5) is 12.0. The molecule has 1 heterocycles. The summed E-state index contributed by atoms with van der Waals surface area (Å²) in [5.41, 5.74) is 0.771. The first kappa shape index (κ1) is 13.6. The Labute approximate surface area is 116 Å². The highest BCUT2D eigenvalue weighted by atomic mass is 79.9. The second-order valence-electron chi connectivity index (χ2n) is 4.93. The molecule has 1 aromatic rings. The van der Waals surface area contributed by atoms with Crippen LogP contribution in [0.3, 0.4) is 0 Å². The van der Waals surface area contributed by atoms with Gasteiger partial charge in [-0.15, -0.1) is 0 Å². The third-order valence-electron chi connectivity index (χ3n) is 3.48. The Balaban J connectivity index is 2.04. The predicted octanol–water partition coefficient (Wildman–Crippen LogP) is 3.02. The number of nitrogens with zero attached hydrogens (tertiary/aromatic N) is 2. The molecule has 1 aliphatic carbocycles. The fraction of sp³-hybridized carbons (Fsp3) is 0.692. The Morgan fingerprint density at radius 2 is 2.22 bits per heavy atom. The van der Waals surface area contributed by atoms with Crippen molar-refractivity contribution in [3.63, 3.8) is 0 Å². The van der Waals surface area contributed by atoms with Crippen molar-refractivity contribution in [2.24, 2.45) is 5.92 Å². The van der Waals surface area contributed by atoms with Gasteiger partial charge in [-0.05, 0) is 41.1 Å². The van der Waals surface area contributed by atoms with E-state index in [0.29, 0.717) is 11.0 Å². The van der Waals surface area contributed by atoms with Crippen LogP contribution >= 0.6 is 15.9 Å². The molecule has 1 N–H and O–H groups in total. The summed E-state index contributed by atoms with van der Waals surface area (Å²) in [6.07, 6.45) is 7.92. The van der Waals surface area contributed by atoms with Gasteiger partial charge in [-0.25, -0.2) is 4.68 Å². The Morgan fingerprint density at radius 3 is 2.89 bits per heavy atom. The minimum Gasteiger partial charge on any atom is -0.382 e. The summed E-state index contributed by atoms with van der Waals surface area (Å²) in [5, 5.41) is 7.53. The van der Waals surface area contributed by atoms with Crippen LogP contribution in [0.2, 0.25) is 0 Å². The predicted molar refractivity (Wildman–Crippen MR) is 76.9 cm³/mol. The van der Waals surface area contributed by atoms with Crippen LogP contribution in [0.1, 0.15) is 39.0 Å². The number of anilines is 1. The molecule has 4 nitrogen and oxygen atoms in total. The largest absolute Gasteiger partial charge is 0.382 e. The Hall–Kier alpha value is -0.840. The van der Waals surface area contributed by atoms with Crippen molar-refractivity contribution in [2.75, 3.05) is 11.9 Å². The Kier molecular flexibility index (Phi) is 4.80. The molecule has 1 aromatic heterocycles. The summed E-state index contributed by atoms with van der Waals surface area (Å²) in [6, 6.07) is 0. The van der Waals surface area contributed by atoms with Gasteiger partial charge in [0.15, 0.2) is 0 Å². The third kappa shape index (κ3) is 3.13. The van der Waals surface area contributed by atoms with Crippen LogP contribution in [0, 0.1) is 5.92 Å². The molecule has 0 spiro atoms. The van der Waals surface area contributed by atoms with Crippen molar-refractivity contribution in [3.8, 4) is 0 Å². The number of hydrogen-bond donors (Lipinski definition) is 1. The van der Waals surface area contributed by atoms with E-state index in [0.717, 1.165) is 24.6 Å². The molecule has 5 heteroatoms. The number of rotatable bonds is 5.